The molecule has 11 heteroatoms. The monoisotopic (exact) mass is 482 g/mol. The fourth-order valence-electron chi connectivity index (χ4n) is 2.72. The number of hydrogen-bond donors (Lipinski definition) is 2. The Labute approximate surface area is 185 Å². The number of para-hydroxylation sites is 3. The van der Waals surface area contributed by atoms with E-state index in [1.165, 1.54) is 50.6 Å². The minimum atomic E-state index is -4.11. The predicted octanol–water partition coefficient (Wildman–Crippen LogP) is 3.96. The van der Waals surface area contributed by atoms with E-state index in [9.17, 15) is 16.8 Å². The van der Waals surface area contributed by atoms with Crippen LogP contribution in [0.2, 0.25) is 5.02 Å². The summed E-state index contributed by atoms with van der Waals surface area (Å²) in [6.07, 6.45) is 0. The van der Waals surface area contributed by atoms with E-state index in [1.54, 1.807) is 24.3 Å². The van der Waals surface area contributed by atoms with Crippen LogP contribution in [0.15, 0.2) is 76.5 Å². The minimum absolute atomic E-state index is 0.0229. The molecule has 0 amide bonds. The third-order valence-corrected chi connectivity index (χ3v) is 7.30. The quantitative estimate of drug-likeness (QED) is 0.502. The average molecular weight is 483 g/mol. The van der Waals surface area contributed by atoms with Crippen LogP contribution in [0.5, 0.6) is 11.5 Å². The van der Waals surface area contributed by atoms with Gasteiger partial charge >= 0.3 is 0 Å². The zero-order chi connectivity index (χ0) is 22.6. The van der Waals surface area contributed by atoms with E-state index in [-0.39, 0.29) is 31.9 Å². The number of nitrogens with one attached hydrogen (secondary N) is 2. The highest BCUT2D eigenvalue weighted by molar-refractivity contribution is 7.93. The third kappa shape index (κ3) is 5.04. The number of benzene rings is 3. The molecule has 2 N–H and O–H groups in total. The number of rotatable bonds is 8. The van der Waals surface area contributed by atoms with Gasteiger partial charge in [0.15, 0.2) is 0 Å². The molecule has 0 atom stereocenters. The first-order chi connectivity index (χ1) is 14.7. The number of anilines is 2. The molecule has 0 bridgehead atoms. The molecule has 0 radical (unpaired) electrons. The van der Waals surface area contributed by atoms with Gasteiger partial charge in [0.05, 0.1) is 35.5 Å². The Kier molecular flexibility index (Phi) is 6.63. The largest absolute Gasteiger partial charge is 0.495 e. The molecule has 164 valence electrons. The summed E-state index contributed by atoms with van der Waals surface area (Å²) in [5.41, 5.74) is 0.131. The first kappa shape index (κ1) is 22.7. The molecular formula is C20H19ClN2O6S2. The molecule has 0 aliphatic rings. The molecular weight excluding hydrogens is 464 g/mol. The molecule has 3 rings (SSSR count). The first-order valence-corrected chi connectivity index (χ1v) is 12.1. The van der Waals surface area contributed by atoms with Gasteiger partial charge in [-0.1, -0.05) is 35.9 Å². The van der Waals surface area contributed by atoms with Crippen molar-refractivity contribution in [2.24, 2.45) is 0 Å². The molecule has 0 aliphatic carbocycles. The molecule has 0 aliphatic heterocycles. The lowest BCUT2D eigenvalue weighted by atomic mass is 10.3. The number of halogens is 1. The smallest absolute Gasteiger partial charge is 0.265 e. The van der Waals surface area contributed by atoms with Gasteiger partial charge in [-0.25, -0.2) is 16.8 Å². The lowest BCUT2D eigenvalue weighted by molar-refractivity contribution is 0.403. The molecule has 0 heterocycles. The number of hydrogen-bond acceptors (Lipinski definition) is 6. The van der Waals surface area contributed by atoms with Crippen LogP contribution in [0, 0.1) is 0 Å². The van der Waals surface area contributed by atoms with Crippen molar-refractivity contribution in [2.75, 3.05) is 23.7 Å². The van der Waals surface area contributed by atoms with E-state index in [2.05, 4.69) is 9.44 Å². The summed E-state index contributed by atoms with van der Waals surface area (Å²) in [5, 5.41) is 0.0229. The Morgan fingerprint density at radius 3 is 1.97 bits per heavy atom. The summed E-state index contributed by atoms with van der Waals surface area (Å²) in [6, 6.07) is 16.2. The van der Waals surface area contributed by atoms with Crippen molar-refractivity contribution in [1.29, 1.82) is 0 Å². The summed E-state index contributed by atoms with van der Waals surface area (Å²) in [5.74, 6) is 0.463. The second-order valence-corrected chi connectivity index (χ2v) is 9.94. The molecule has 0 aromatic heterocycles. The van der Waals surface area contributed by atoms with Crippen molar-refractivity contribution >= 4 is 43.0 Å². The van der Waals surface area contributed by atoms with Crippen molar-refractivity contribution in [2.45, 2.75) is 9.79 Å². The standard InChI is InChI=1S/C20H19ClN2O6S2/c1-28-18-8-4-3-7-16(18)22-30(24,25)14-11-12-15(21)17(13-14)23-31(26,27)20-10-6-5-9-19(20)29-2/h3-13,22-23H,1-2H3. The van der Waals surface area contributed by atoms with Crippen molar-refractivity contribution in [1.82, 2.24) is 0 Å². The van der Waals surface area contributed by atoms with Gasteiger partial charge in [0.1, 0.15) is 16.4 Å². The van der Waals surface area contributed by atoms with Crippen LogP contribution < -0.4 is 18.9 Å². The normalized spacial score (nSPS) is 11.6. The lowest BCUT2D eigenvalue weighted by Crippen LogP contribution is -2.16. The predicted molar refractivity (Wildman–Crippen MR) is 119 cm³/mol. The number of ether oxygens (including phenoxy) is 2. The molecule has 8 nitrogen and oxygen atoms in total. The van der Waals surface area contributed by atoms with E-state index in [4.69, 9.17) is 21.1 Å². The Morgan fingerprint density at radius 1 is 0.710 bits per heavy atom. The highest BCUT2D eigenvalue weighted by Crippen LogP contribution is 2.32. The van der Waals surface area contributed by atoms with Crippen molar-refractivity contribution < 1.29 is 26.3 Å². The average Bonchev–Trinajstić information content (AvgIpc) is 2.75. The molecule has 3 aromatic carbocycles. The Morgan fingerprint density at radius 2 is 1.29 bits per heavy atom. The first-order valence-electron chi connectivity index (χ1n) is 8.79. The summed E-state index contributed by atoms with van der Waals surface area (Å²) >= 11 is 6.13. The molecule has 0 saturated heterocycles. The van der Waals surface area contributed by atoms with E-state index >= 15 is 0 Å². The van der Waals surface area contributed by atoms with Gasteiger partial charge in [0.25, 0.3) is 20.0 Å². The fourth-order valence-corrected chi connectivity index (χ4v) is 5.28. The van der Waals surface area contributed by atoms with E-state index < -0.39 is 20.0 Å². The summed E-state index contributed by atoms with van der Waals surface area (Å²) in [6.45, 7) is 0. The van der Waals surface area contributed by atoms with Crippen molar-refractivity contribution in [3.05, 3.63) is 71.8 Å². The van der Waals surface area contributed by atoms with E-state index in [1.807, 2.05) is 0 Å². The van der Waals surface area contributed by atoms with Crippen LogP contribution in [0.1, 0.15) is 0 Å². The molecule has 0 saturated carbocycles. The van der Waals surface area contributed by atoms with E-state index in [0.29, 0.717) is 5.75 Å². The molecule has 3 aromatic rings. The van der Waals surface area contributed by atoms with Gasteiger partial charge in [-0.2, -0.15) is 0 Å². The molecule has 0 fully saturated rings. The second-order valence-electron chi connectivity index (χ2n) is 6.20. The molecule has 0 unspecified atom stereocenters. The van der Waals surface area contributed by atoms with Crippen molar-refractivity contribution in [3.8, 4) is 11.5 Å². The van der Waals surface area contributed by atoms with Gasteiger partial charge in [0, 0.05) is 0 Å². The van der Waals surface area contributed by atoms with Gasteiger partial charge in [0.2, 0.25) is 0 Å². The summed E-state index contributed by atoms with van der Waals surface area (Å²) < 4.78 is 66.4. The van der Waals surface area contributed by atoms with Gasteiger partial charge in [-0.05, 0) is 42.5 Å². The number of sulfonamides is 2. The van der Waals surface area contributed by atoms with Crippen LogP contribution in [-0.2, 0) is 20.0 Å². The number of methoxy groups -OCH3 is 2. The molecule has 31 heavy (non-hydrogen) atoms. The topological polar surface area (TPSA) is 111 Å². The Hall–Kier alpha value is -2.95. The third-order valence-electron chi connectivity index (χ3n) is 4.20. The van der Waals surface area contributed by atoms with E-state index in [0.717, 1.165) is 6.07 Å². The van der Waals surface area contributed by atoms with Crippen LogP contribution in [0.3, 0.4) is 0 Å². The Balaban J connectivity index is 1.96. The summed E-state index contributed by atoms with van der Waals surface area (Å²) in [4.78, 5) is -0.311. The SMILES string of the molecule is COc1ccccc1NS(=O)(=O)c1ccc(Cl)c(NS(=O)(=O)c2ccccc2OC)c1. The highest BCUT2D eigenvalue weighted by Gasteiger charge is 2.23. The maximum Gasteiger partial charge on any atom is 0.265 e. The molecule has 0 spiro atoms. The minimum Gasteiger partial charge on any atom is -0.495 e. The second kappa shape index (κ2) is 9.04. The van der Waals surface area contributed by atoms with Gasteiger partial charge < -0.3 is 9.47 Å². The highest BCUT2D eigenvalue weighted by atomic mass is 35.5. The van der Waals surface area contributed by atoms with Crippen LogP contribution >= 0.6 is 11.6 Å². The van der Waals surface area contributed by atoms with Crippen LogP contribution in [0.4, 0.5) is 11.4 Å². The fraction of sp³-hybridized carbons (Fsp3) is 0.100. The van der Waals surface area contributed by atoms with Crippen LogP contribution in [0.25, 0.3) is 0 Å². The zero-order valence-electron chi connectivity index (χ0n) is 16.5. The maximum atomic E-state index is 12.9. The van der Waals surface area contributed by atoms with Crippen molar-refractivity contribution in [3.63, 3.8) is 0 Å². The van der Waals surface area contributed by atoms with Crippen LogP contribution in [-0.4, -0.2) is 31.1 Å². The zero-order valence-corrected chi connectivity index (χ0v) is 18.9. The Bertz CT molecular complexity index is 1310. The maximum absolute atomic E-state index is 12.9. The van der Waals surface area contributed by atoms with Gasteiger partial charge in [-0.3, -0.25) is 9.44 Å². The summed E-state index contributed by atoms with van der Waals surface area (Å²) in [7, 11) is -5.41. The lowest BCUT2D eigenvalue weighted by Gasteiger charge is -2.15. The van der Waals surface area contributed by atoms with Gasteiger partial charge in [-0.15, -0.1) is 0 Å².